The molecule has 1 fully saturated rings. The summed E-state index contributed by atoms with van der Waals surface area (Å²) in [4.78, 5) is 0. The summed E-state index contributed by atoms with van der Waals surface area (Å²) >= 11 is 0. The van der Waals surface area contributed by atoms with Crippen molar-refractivity contribution in [3.05, 3.63) is 0 Å². The molecule has 3 heteroatoms. The van der Waals surface area contributed by atoms with E-state index < -0.39 is 5.66 Å². The average molecular weight is 199 g/mol. The molecule has 0 radical (unpaired) electrons. The molecule has 3 unspecified atom stereocenters. The van der Waals surface area contributed by atoms with Gasteiger partial charge in [0.05, 0.1) is 5.66 Å². The Morgan fingerprint density at radius 3 is 2.43 bits per heavy atom. The zero-order valence-corrected chi connectivity index (χ0v) is 9.72. The highest BCUT2D eigenvalue weighted by molar-refractivity contribution is 5.08. The summed E-state index contributed by atoms with van der Waals surface area (Å²) in [5.41, 5.74) is 17.6. The Kier molecular flexibility index (Phi) is 3.24. The normalized spacial score (nSPS) is 39.9. The van der Waals surface area contributed by atoms with Gasteiger partial charge in [0.25, 0.3) is 0 Å². The highest BCUT2D eigenvalue weighted by Gasteiger charge is 2.49. The fourth-order valence-electron chi connectivity index (χ4n) is 2.69. The molecule has 0 amide bonds. The van der Waals surface area contributed by atoms with Crippen molar-refractivity contribution in [3.8, 4) is 0 Å². The SMILES string of the molecule is CCC(N)(N)C1(N)CCCC(C)C1C. The number of hydrogen-bond donors (Lipinski definition) is 3. The van der Waals surface area contributed by atoms with Crippen LogP contribution in [0.2, 0.25) is 0 Å². The third kappa shape index (κ3) is 1.69. The van der Waals surface area contributed by atoms with Crippen molar-refractivity contribution in [2.75, 3.05) is 0 Å². The van der Waals surface area contributed by atoms with E-state index in [1.165, 1.54) is 6.42 Å². The summed E-state index contributed by atoms with van der Waals surface area (Å²) in [6.45, 7) is 6.45. The zero-order valence-electron chi connectivity index (χ0n) is 9.72. The molecule has 1 saturated carbocycles. The topological polar surface area (TPSA) is 78.1 Å². The summed E-state index contributed by atoms with van der Waals surface area (Å²) in [5.74, 6) is 1.04. The summed E-state index contributed by atoms with van der Waals surface area (Å²) in [6.07, 6.45) is 4.10. The van der Waals surface area contributed by atoms with Gasteiger partial charge in [-0.1, -0.05) is 33.6 Å². The highest BCUT2D eigenvalue weighted by Crippen LogP contribution is 2.40. The van der Waals surface area contributed by atoms with Gasteiger partial charge in [-0.3, -0.25) is 0 Å². The predicted molar refractivity (Wildman–Crippen MR) is 60.5 cm³/mol. The van der Waals surface area contributed by atoms with Gasteiger partial charge in [-0.15, -0.1) is 0 Å². The van der Waals surface area contributed by atoms with E-state index in [9.17, 15) is 0 Å². The Morgan fingerprint density at radius 2 is 1.93 bits per heavy atom. The number of hydrogen-bond acceptors (Lipinski definition) is 3. The molecular formula is C11H25N3. The lowest BCUT2D eigenvalue weighted by Crippen LogP contribution is -2.75. The molecule has 0 heterocycles. The van der Waals surface area contributed by atoms with Crippen molar-refractivity contribution < 1.29 is 0 Å². The van der Waals surface area contributed by atoms with Gasteiger partial charge in [-0.05, 0) is 24.7 Å². The van der Waals surface area contributed by atoms with E-state index in [0.717, 1.165) is 19.3 Å². The minimum Gasteiger partial charge on any atom is -0.322 e. The van der Waals surface area contributed by atoms with Crippen molar-refractivity contribution in [3.63, 3.8) is 0 Å². The lowest BCUT2D eigenvalue weighted by molar-refractivity contribution is 0.0639. The minimum atomic E-state index is -0.721. The summed E-state index contributed by atoms with van der Waals surface area (Å²) in [6, 6.07) is 0. The van der Waals surface area contributed by atoms with Crippen LogP contribution < -0.4 is 17.2 Å². The molecule has 0 aromatic heterocycles. The smallest absolute Gasteiger partial charge is 0.0821 e. The van der Waals surface area contributed by atoms with E-state index in [2.05, 4.69) is 13.8 Å². The Bertz CT molecular complexity index is 203. The molecule has 3 atom stereocenters. The number of nitrogens with two attached hydrogens (primary N) is 3. The Morgan fingerprint density at radius 1 is 1.36 bits per heavy atom. The van der Waals surface area contributed by atoms with Crippen LogP contribution in [0.3, 0.4) is 0 Å². The molecule has 1 aliphatic carbocycles. The first-order valence-corrected chi connectivity index (χ1v) is 5.72. The Labute approximate surface area is 87.4 Å². The Hall–Kier alpha value is -0.120. The maximum absolute atomic E-state index is 6.43. The van der Waals surface area contributed by atoms with Crippen LogP contribution in [-0.2, 0) is 0 Å². The molecule has 3 nitrogen and oxygen atoms in total. The van der Waals surface area contributed by atoms with Gasteiger partial charge >= 0.3 is 0 Å². The van der Waals surface area contributed by atoms with Gasteiger partial charge in [0.1, 0.15) is 0 Å². The molecule has 6 N–H and O–H groups in total. The largest absolute Gasteiger partial charge is 0.322 e. The van der Waals surface area contributed by atoms with Crippen molar-refractivity contribution in [2.24, 2.45) is 29.0 Å². The van der Waals surface area contributed by atoms with Gasteiger partial charge in [0.2, 0.25) is 0 Å². The zero-order chi connectivity index (χ0) is 11.0. The van der Waals surface area contributed by atoms with Crippen LogP contribution in [0.5, 0.6) is 0 Å². The first kappa shape index (κ1) is 12.0. The second kappa shape index (κ2) is 3.80. The molecule has 0 aromatic carbocycles. The molecule has 14 heavy (non-hydrogen) atoms. The molecule has 0 aromatic rings. The van der Waals surface area contributed by atoms with E-state index >= 15 is 0 Å². The molecule has 84 valence electrons. The van der Waals surface area contributed by atoms with E-state index in [0.29, 0.717) is 11.8 Å². The molecule has 1 aliphatic rings. The van der Waals surface area contributed by atoms with Crippen LogP contribution in [0, 0.1) is 11.8 Å². The monoisotopic (exact) mass is 199 g/mol. The molecule has 0 spiro atoms. The van der Waals surface area contributed by atoms with Gasteiger partial charge in [-0.25, -0.2) is 0 Å². The maximum atomic E-state index is 6.43. The van der Waals surface area contributed by atoms with E-state index in [1.807, 2.05) is 6.92 Å². The molecular weight excluding hydrogens is 174 g/mol. The summed E-state index contributed by atoms with van der Waals surface area (Å²) < 4.78 is 0. The van der Waals surface area contributed by atoms with E-state index in [1.54, 1.807) is 0 Å². The van der Waals surface area contributed by atoms with Crippen LogP contribution in [-0.4, -0.2) is 11.2 Å². The van der Waals surface area contributed by atoms with Gasteiger partial charge in [0.15, 0.2) is 0 Å². The molecule has 1 rings (SSSR count). The maximum Gasteiger partial charge on any atom is 0.0821 e. The van der Waals surface area contributed by atoms with Gasteiger partial charge in [-0.2, -0.15) is 0 Å². The first-order chi connectivity index (χ1) is 6.35. The second-order valence-electron chi connectivity index (χ2n) is 5.09. The van der Waals surface area contributed by atoms with Gasteiger partial charge < -0.3 is 17.2 Å². The summed E-state index contributed by atoms with van der Waals surface area (Å²) in [7, 11) is 0. The van der Waals surface area contributed by atoms with Crippen LogP contribution in [0.25, 0.3) is 0 Å². The van der Waals surface area contributed by atoms with Crippen molar-refractivity contribution in [2.45, 2.75) is 57.7 Å². The fraction of sp³-hybridized carbons (Fsp3) is 1.00. The van der Waals surface area contributed by atoms with Crippen LogP contribution in [0.1, 0.15) is 46.5 Å². The third-order valence-electron chi connectivity index (χ3n) is 4.37. The van der Waals surface area contributed by atoms with Gasteiger partial charge in [0, 0.05) is 5.54 Å². The van der Waals surface area contributed by atoms with Crippen molar-refractivity contribution in [1.29, 1.82) is 0 Å². The van der Waals surface area contributed by atoms with Crippen LogP contribution >= 0.6 is 0 Å². The van der Waals surface area contributed by atoms with Crippen molar-refractivity contribution in [1.82, 2.24) is 0 Å². The lowest BCUT2D eigenvalue weighted by Gasteiger charge is -2.52. The van der Waals surface area contributed by atoms with E-state index in [-0.39, 0.29) is 5.54 Å². The standard InChI is InChI=1S/C11H25N3/c1-4-11(13,14)10(12)7-5-6-8(2)9(10)3/h8-9H,4-7,12-14H2,1-3H3. The second-order valence-corrected chi connectivity index (χ2v) is 5.09. The summed E-state index contributed by atoms with van der Waals surface area (Å²) in [5, 5.41) is 0. The predicted octanol–water partition coefficient (Wildman–Crippen LogP) is 1.16. The molecule has 0 aliphatic heterocycles. The highest BCUT2D eigenvalue weighted by atomic mass is 15.1. The fourth-order valence-corrected chi connectivity index (χ4v) is 2.69. The third-order valence-corrected chi connectivity index (χ3v) is 4.37. The lowest BCUT2D eigenvalue weighted by atomic mass is 9.63. The molecule has 0 saturated heterocycles. The van der Waals surface area contributed by atoms with E-state index in [4.69, 9.17) is 17.2 Å². The number of rotatable bonds is 2. The molecule has 0 bridgehead atoms. The van der Waals surface area contributed by atoms with Crippen LogP contribution in [0.4, 0.5) is 0 Å². The average Bonchev–Trinajstić information content (AvgIpc) is 2.14. The first-order valence-electron chi connectivity index (χ1n) is 5.72. The Balaban J connectivity index is 2.91. The van der Waals surface area contributed by atoms with Crippen LogP contribution in [0.15, 0.2) is 0 Å². The minimum absolute atomic E-state index is 0.389. The quantitative estimate of drug-likeness (QED) is 0.584. The van der Waals surface area contributed by atoms with Crippen molar-refractivity contribution >= 4 is 0 Å².